The van der Waals surface area contributed by atoms with Gasteiger partial charge in [-0.2, -0.15) is 5.10 Å². The minimum absolute atomic E-state index is 0.442. The van der Waals surface area contributed by atoms with Crippen molar-refractivity contribution in [1.29, 1.82) is 0 Å². The summed E-state index contributed by atoms with van der Waals surface area (Å²) in [7, 11) is 0. The molecule has 0 amide bonds. The fraction of sp³-hybridized carbons (Fsp3) is 0.714. The zero-order chi connectivity index (χ0) is 8.97. The number of aryl methyl sites for hydroxylation is 1. The van der Waals surface area contributed by atoms with Gasteiger partial charge in [0.1, 0.15) is 11.9 Å². The monoisotopic (exact) mass is 170 g/mol. The molecule has 1 aromatic rings. The second-order valence-corrected chi connectivity index (χ2v) is 2.59. The minimum atomic E-state index is -0.633. The summed E-state index contributed by atoms with van der Waals surface area (Å²) in [5, 5.41) is 16.0. The number of aromatic nitrogens is 3. The number of nitrogens with zero attached hydrogens (tertiary/aromatic N) is 2. The Labute approximate surface area is 71.0 Å². The molecule has 1 atom stereocenters. The molecule has 12 heavy (non-hydrogen) atoms. The summed E-state index contributed by atoms with van der Waals surface area (Å²) in [6.07, 6.45) is 0.662. The molecule has 0 bridgehead atoms. The lowest BCUT2D eigenvalue weighted by Gasteiger charge is -2.01. The van der Waals surface area contributed by atoms with Crippen LogP contribution >= 0.6 is 0 Å². The average Bonchev–Trinajstić information content (AvgIpc) is 2.52. The third-order valence-corrected chi connectivity index (χ3v) is 1.62. The highest BCUT2D eigenvalue weighted by molar-refractivity contribution is 4.93. The van der Waals surface area contributed by atoms with Crippen molar-refractivity contribution in [3.8, 4) is 0 Å². The van der Waals surface area contributed by atoms with Crippen molar-refractivity contribution in [2.75, 3.05) is 6.54 Å². The predicted octanol–water partition coefficient (Wildman–Crippen LogP) is -0.251. The number of H-pyrrole nitrogens is 1. The maximum absolute atomic E-state index is 9.40. The van der Waals surface area contributed by atoms with Crippen LogP contribution in [0.25, 0.3) is 0 Å². The van der Waals surface area contributed by atoms with E-state index in [2.05, 4.69) is 15.2 Å². The zero-order valence-electron chi connectivity index (χ0n) is 7.12. The van der Waals surface area contributed by atoms with E-state index in [0.717, 1.165) is 12.2 Å². The summed E-state index contributed by atoms with van der Waals surface area (Å²) in [6, 6.07) is 0. The summed E-state index contributed by atoms with van der Waals surface area (Å²) in [4.78, 5) is 4.08. The molecule has 0 aliphatic heterocycles. The molecular formula is C7H14N4O. The van der Waals surface area contributed by atoms with Crippen LogP contribution in [0.3, 0.4) is 0 Å². The Morgan fingerprint density at radius 3 is 2.92 bits per heavy atom. The molecule has 5 nitrogen and oxygen atoms in total. The van der Waals surface area contributed by atoms with Gasteiger partial charge in [0.2, 0.25) is 0 Å². The van der Waals surface area contributed by atoms with Crippen LogP contribution in [-0.4, -0.2) is 26.8 Å². The first-order chi connectivity index (χ1) is 5.77. The molecule has 4 N–H and O–H groups in total. The first kappa shape index (κ1) is 9.15. The lowest BCUT2D eigenvalue weighted by atomic mass is 10.2. The van der Waals surface area contributed by atoms with Gasteiger partial charge >= 0.3 is 0 Å². The molecular weight excluding hydrogens is 156 g/mol. The van der Waals surface area contributed by atoms with Crippen molar-refractivity contribution in [2.45, 2.75) is 25.9 Å². The lowest BCUT2D eigenvalue weighted by molar-refractivity contribution is 0.161. The van der Waals surface area contributed by atoms with E-state index in [0.29, 0.717) is 18.8 Å². The Balaban J connectivity index is 2.61. The van der Waals surface area contributed by atoms with Crippen LogP contribution in [0.2, 0.25) is 0 Å². The molecule has 1 rings (SSSR count). The average molecular weight is 170 g/mol. The first-order valence-electron chi connectivity index (χ1n) is 4.07. The van der Waals surface area contributed by atoms with Crippen LogP contribution in [0.1, 0.15) is 31.1 Å². The van der Waals surface area contributed by atoms with Crippen LogP contribution in [0.15, 0.2) is 0 Å². The molecule has 0 saturated heterocycles. The van der Waals surface area contributed by atoms with Crippen LogP contribution in [0.5, 0.6) is 0 Å². The third kappa shape index (κ3) is 2.02. The number of nitrogens with one attached hydrogen (secondary N) is 1. The van der Waals surface area contributed by atoms with Gasteiger partial charge in [-0.25, -0.2) is 4.98 Å². The highest BCUT2D eigenvalue weighted by Gasteiger charge is 2.11. The van der Waals surface area contributed by atoms with Gasteiger partial charge in [0.05, 0.1) is 0 Å². The van der Waals surface area contributed by atoms with Crippen molar-refractivity contribution < 1.29 is 5.11 Å². The highest BCUT2D eigenvalue weighted by atomic mass is 16.3. The topological polar surface area (TPSA) is 87.8 Å². The van der Waals surface area contributed by atoms with E-state index in [4.69, 9.17) is 5.73 Å². The summed E-state index contributed by atoms with van der Waals surface area (Å²) in [5.41, 5.74) is 5.28. The standard InChI is InChI=1S/C7H14N4O/c1-2-6-9-7(11-10-6)5(12)3-4-8/h5,12H,2-4,8H2,1H3,(H,9,10,11). The lowest BCUT2D eigenvalue weighted by Crippen LogP contribution is -2.08. The van der Waals surface area contributed by atoms with E-state index >= 15 is 0 Å². The van der Waals surface area contributed by atoms with E-state index in [1.165, 1.54) is 0 Å². The number of aliphatic hydroxyl groups is 1. The van der Waals surface area contributed by atoms with Crippen molar-refractivity contribution in [2.24, 2.45) is 5.73 Å². The van der Waals surface area contributed by atoms with E-state index in [1.54, 1.807) is 0 Å². The van der Waals surface area contributed by atoms with Crippen molar-refractivity contribution in [3.05, 3.63) is 11.6 Å². The summed E-state index contributed by atoms with van der Waals surface area (Å²) < 4.78 is 0. The highest BCUT2D eigenvalue weighted by Crippen LogP contribution is 2.10. The number of hydrogen-bond donors (Lipinski definition) is 3. The maximum Gasteiger partial charge on any atom is 0.179 e. The third-order valence-electron chi connectivity index (χ3n) is 1.62. The Kier molecular flexibility index (Phi) is 3.19. The molecule has 0 radical (unpaired) electrons. The molecule has 0 spiro atoms. The second-order valence-electron chi connectivity index (χ2n) is 2.59. The number of hydrogen-bond acceptors (Lipinski definition) is 4. The first-order valence-corrected chi connectivity index (χ1v) is 4.07. The second kappa shape index (κ2) is 4.18. The van der Waals surface area contributed by atoms with Gasteiger partial charge in [0, 0.05) is 6.42 Å². The number of aromatic amines is 1. The SMILES string of the molecule is CCc1nc(C(O)CCN)n[nH]1. The fourth-order valence-electron chi connectivity index (χ4n) is 0.904. The van der Waals surface area contributed by atoms with E-state index in [-0.39, 0.29) is 0 Å². The Hall–Kier alpha value is -0.940. The van der Waals surface area contributed by atoms with Gasteiger partial charge in [-0.05, 0) is 13.0 Å². The molecule has 0 aromatic carbocycles. The van der Waals surface area contributed by atoms with Gasteiger partial charge in [-0.1, -0.05) is 6.92 Å². The molecule has 0 aliphatic carbocycles. The summed E-state index contributed by atoms with van der Waals surface area (Å²) in [6.45, 7) is 2.41. The van der Waals surface area contributed by atoms with Gasteiger partial charge in [0.15, 0.2) is 5.82 Å². The summed E-state index contributed by atoms with van der Waals surface area (Å²) >= 11 is 0. The van der Waals surface area contributed by atoms with Gasteiger partial charge in [0.25, 0.3) is 0 Å². The Bertz CT molecular complexity index is 235. The molecule has 1 aromatic heterocycles. The van der Waals surface area contributed by atoms with E-state index < -0.39 is 6.10 Å². The smallest absolute Gasteiger partial charge is 0.179 e. The zero-order valence-corrected chi connectivity index (χ0v) is 7.12. The number of aliphatic hydroxyl groups excluding tert-OH is 1. The molecule has 0 aliphatic rings. The molecule has 1 heterocycles. The van der Waals surface area contributed by atoms with Crippen molar-refractivity contribution in [1.82, 2.24) is 15.2 Å². The molecule has 0 saturated carbocycles. The largest absolute Gasteiger partial charge is 0.385 e. The fourth-order valence-corrected chi connectivity index (χ4v) is 0.904. The molecule has 68 valence electrons. The van der Waals surface area contributed by atoms with E-state index in [9.17, 15) is 5.11 Å². The number of rotatable bonds is 4. The minimum Gasteiger partial charge on any atom is -0.385 e. The van der Waals surface area contributed by atoms with Gasteiger partial charge in [-0.3, -0.25) is 5.10 Å². The van der Waals surface area contributed by atoms with Crippen molar-refractivity contribution in [3.63, 3.8) is 0 Å². The quantitative estimate of drug-likeness (QED) is 0.581. The van der Waals surface area contributed by atoms with Crippen molar-refractivity contribution >= 4 is 0 Å². The van der Waals surface area contributed by atoms with Gasteiger partial charge in [-0.15, -0.1) is 0 Å². The molecule has 1 unspecified atom stereocenters. The normalized spacial score (nSPS) is 13.2. The van der Waals surface area contributed by atoms with Crippen LogP contribution in [-0.2, 0) is 6.42 Å². The van der Waals surface area contributed by atoms with Crippen LogP contribution in [0.4, 0.5) is 0 Å². The van der Waals surface area contributed by atoms with Crippen LogP contribution < -0.4 is 5.73 Å². The van der Waals surface area contributed by atoms with E-state index in [1.807, 2.05) is 6.92 Å². The molecule has 5 heteroatoms. The number of nitrogens with two attached hydrogens (primary N) is 1. The van der Waals surface area contributed by atoms with Gasteiger partial charge < -0.3 is 10.8 Å². The van der Waals surface area contributed by atoms with Crippen LogP contribution in [0, 0.1) is 0 Å². The Morgan fingerprint density at radius 1 is 1.67 bits per heavy atom. The Morgan fingerprint density at radius 2 is 2.42 bits per heavy atom. The molecule has 0 fully saturated rings. The predicted molar refractivity (Wildman–Crippen MR) is 44.4 cm³/mol. The summed E-state index contributed by atoms with van der Waals surface area (Å²) in [5.74, 6) is 1.23. The maximum atomic E-state index is 9.40.